The van der Waals surface area contributed by atoms with Gasteiger partial charge in [-0.1, -0.05) is 103 Å². The molecule has 1 saturated carbocycles. The van der Waals surface area contributed by atoms with Gasteiger partial charge in [-0.2, -0.15) is 0 Å². The third-order valence-corrected chi connectivity index (χ3v) is 9.58. The molecule has 45 heavy (non-hydrogen) atoms. The lowest BCUT2D eigenvalue weighted by atomic mass is 9.87. The van der Waals surface area contributed by atoms with Crippen molar-refractivity contribution in [3.05, 3.63) is 143 Å². The molecule has 230 valence electrons. The van der Waals surface area contributed by atoms with Gasteiger partial charge in [-0.3, -0.25) is 9.79 Å². The monoisotopic (exact) mass is 598 g/mol. The number of ether oxygens (including phenoxy) is 1. The van der Waals surface area contributed by atoms with Crippen LogP contribution in [0.1, 0.15) is 90.5 Å². The van der Waals surface area contributed by atoms with Gasteiger partial charge in [0, 0.05) is 23.2 Å². The summed E-state index contributed by atoms with van der Waals surface area (Å²) < 4.78 is 5.69. The minimum atomic E-state index is -0.991. The van der Waals surface area contributed by atoms with Crippen molar-refractivity contribution in [3.8, 4) is 0 Å². The fourth-order valence-corrected chi connectivity index (χ4v) is 7.13. The van der Waals surface area contributed by atoms with Gasteiger partial charge in [-0.05, 0) is 81.5 Å². The average Bonchev–Trinajstić information content (AvgIpc) is 3.59. The molecular formula is C40H42N2O3. The first kappa shape index (κ1) is 30.5. The number of hydrogen-bond acceptors (Lipinski definition) is 4. The summed E-state index contributed by atoms with van der Waals surface area (Å²) in [6.07, 6.45) is 3.82. The van der Waals surface area contributed by atoms with E-state index in [9.17, 15) is 9.59 Å². The third-order valence-electron chi connectivity index (χ3n) is 9.58. The molecule has 0 radical (unpaired) electrons. The van der Waals surface area contributed by atoms with Crippen molar-refractivity contribution in [1.29, 1.82) is 0 Å². The van der Waals surface area contributed by atoms with E-state index >= 15 is 0 Å². The van der Waals surface area contributed by atoms with E-state index in [1.54, 1.807) is 0 Å². The van der Waals surface area contributed by atoms with Crippen LogP contribution < -0.4 is 0 Å². The summed E-state index contributed by atoms with van der Waals surface area (Å²) in [5.41, 5.74) is 5.64. The maximum atomic E-state index is 13.7. The lowest BCUT2D eigenvalue weighted by Crippen LogP contribution is -2.39. The van der Waals surface area contributed by atoms with Gasteiger partial charge >= 0.3 is 5.97 Å². The van der Waals surface area contributed by atoms with Gasteiger partial charge < -0.3 is 9.64 Å². The Morgan fingerprint density at radius 1 is 0.889 bits per heavy atom. The molecule has 4 aromatic rings. The van der Waals surface area contributed by atoms with Crippen molar-refractivity contribution in [2.75, 3.05) is 13.2 Å². The molecule has 1 amide bonds. The van der Waals surface area contributed by atoms with Gasteiger partial charge in [0.2, 0.25) is 0 Å². The molecule has 0 aromatic heterocycles. The zero-order valence-electron chi connectivity index (χ0n) is 26.5. The second-order valence-corrected chi connectivity index (χ2v) is 12.8. The molecule has 5 nitrogen and oxygen atoms in total. The van der Waals surface area contributed by atoms with Crippen molar-refractivity contribution in [2.45, 2.75) is 69.9 Å². The highest BCUT2D eigenvalue weighted by Gasteiger charge is 2.48. The molecule has 0 saturated heterocycles. The summed E-state index contributed by atoms with van der Waals surface area (Å²) in [5.74, 6) is -0.0470. The van der Waals surface area contributed by atoms with Crippen LogP contribution in [0.25, 0.3) is 0 Å². The van der Waals surface area contributed by atoms with E-state index in [2.05, 4.69) is 50.2 Å². The number of aryl methyl sites for hydroxylation is 1. The smallest absolute Gasteiger partial charge is 0.334 e. The quantitative estimate of drug-likeness (QED) is 0.137. The molecular weight excluding hydrogens is 556 g/mol. The number of esters is 1. The Labute approximate surface area is 267 Å². The van der Waals surface area contributed by atoms with E-state index in [0.29, 0.717) is 26.0 Å². The van der Waals surface area contributed by atoms with Crippen LogP contribution in [0.5, 0.6) is 0 Å². The Morgan fingerprint density at radius 3 is 2.13 bits per heavy atom. The molecule has 6 rings (SSSR count). The van der Waals surface area contributed by atoms with Crippen LogP contribution in [0.2, 0.25) is 0 Å². The molecule has 0 spiro atoms. The highest BCUT2D eigenvalue weighted by atomic mass is 16.5. The largest absolute Gasteiger partial charge is 0.464 e. The summed E-state index contributed by atoms with van der Waals surface area (Å²) in [6, 6.07) is 36.9. The number of hydrogen-bond donors (Lipinski definition) is 0. The zero-order chi connectivity index (χ0) is 31.4. The maximum Gasteiger partial charge on any atom is 0.334 e. The van der Waals surface area contributed by atoms with Crippen LogP contribution in [0.15, 0.2) is 114 Å². The van der Waals surface area contributed by atoms with Crippen LogP contribution in [0.3, 0.4) is 0 Å². The molecule has 2 unspecified atom stereocenters. The average molecular weight is 599 g/mol. The summed E-state index contributed by atoms with van der Waals surface area (Å²) in [5, 5.41) is 0. The first-order valence-electron chi connectivity index (χ1n) is 16.2. The van der Waals surface area contributed by atoms with Crippen LogP contribution in [0, 0.1) is 0 Å². The van der Waals surface area contributed by atoms with E-state index < -0.39 is 11.1 Å². The number of aliphatic imine (C=N–C) groups is 1. The first-order valence-corrected chi connectivity index (χ1v) is 16.2. The zero-order valence-corrected chi connectivity index (χ0v) is 26.5. The molecule has 2 aliphatic rings. The highest BCUT2D eigenvalue weighted by Crippen LogP contribution is 2.47. The Bertz CT molecular complexity index is 1640. The van der Waals surface area contributed by atoms with Crippen LogP contribution in [0.4, 0.5) is 0 Å². The van der Waals surface area contributed by atoms with Gasteiger partial charge in [-0.15, -0.1) is 0 Å². The normalized spacial score (nSPS) is 20.1. The molecule has 0 N–H and O–H groups in total. The van der Waals surface area contributed by atoms with Gasteiger partial charge in [-0.25, -0.2) is 4.79 Å². The summed E-state index contributed by atoms with van der Waals surface area (Å²) in [4.78, 5) is 34.7. The Morgan fingerprint density at radius 2 is 1.51 bits per heavy atom. The lowest BCUT2D eigenvalue weighted by molar-refractivity contribution is -0.149. The summed E-state index contributed by atoms with van der Waals surface area (Å²) in [6.45, 7) is 7.16. The standard InChI is InChI=1S/C40H42N2O3/c1-4-45-38(44)40(41-36(30-18-10-6-11-19-30)31-20-12-7-13-21-31)25-24-33(28-40)32-22-23-34-35(27-32)39(2,3)42(37(34)43)26-14-17-29-15-8-5-9-16-29/h5-13,15-16,18-23,27,33H,4,14,17,24-26,28H2,1-3H3. The van der Waals surface area contributed by atoms with Gasteiger partial charge in [0.05, 0.1) is 17.9 Å². The molecule has 1 fully saturated rings. The molecule has 0 bridgehead atoms. The van der Waals surface area contributed by atoms with Crippen molar-refractivity contribution >= 4 is 17.6 Å². The van der Waals surface area contributed by atoms with E-state index in [1.807, 2.05) is 84.6 Å². The predicted octanol–water partition coefficient (Wildman–Crippen LogP) is 8.12. The van der Waals surface area contributed by atoms with Gasteiger partial charge in [0.25, 0.3) is 5.91 Å². The maximum absolute atomic E-state index is 13.7. The molecule has 1 aliphatic heterocycles. The van der Waals surface area contributed by atoms with Crippen molar-refractivity contribution < 1.29 is 14.3 Å². The molecule has 2 atom stereocenters. The Hall–Kier alpha value is -4.51. The number of rotatable bonds is 10. The van der Waals surface area contributed by atoms with Crippen molar-refractivity contribution in [3.63, 3.8) is 0 Å². The van der Waals surface area contributed by atoms with E-state index in [0.717, 1.165) is 52.8 Å². The SMILES string of the molecule is CCOC(=O)C1(N=C(c2ccccc2)c2ccccc2)CCC(c2ccc3c(c2)C(C)(C)N(CCCc2ccccc2)C3=O)C1. The minimum Gasteiger partial charge on any atom is -0.464 e. The molecule has 1 aliphatic carbocycles. The number of carbonyl (C=O) groups is 2. The minimum absolute atomic E-state index is 0.0990. The highest BCUT2D eigenvalue weighted by molar-refractivity contribution is 6.14. The first-order chi connectivity index (χ1) is 21.8. The van der Waals surface area contributed by atoms with Crippen LogP contribution in [-0.4, -0.2) is 41.2 Å². The predicted molar refractivity (Wildman–Crippen MR) is 180 cm³/mol. The second-order valence-electron chi connectivity index (χ2n) is 12.8. The molecule has 1 heterocycles. The number of amides is 1. The van der Waals surface area contributed by atoms with Gasteiger partial charge in [0.15, 0.2) is 5.54 Å². The number of benzene rings is 4. The van der Waals surface area contributed by atoms with Crippen molar-refractivity contribution in [2.24, 2.45) is 4.99 Å². The van der Waals surface area contributed by atoms with Gasteiger partial charge in [0.1, 0.15) is 0 Å². The number of nitrogens with zero attached hydrogens (tertiary/aromatic N) is 2. The summed E-state index contributed by atoms with van der Waals surface area (Å²) >= 11 is 0. The van der Waals surface area contributed by atoms with Crippen LogP contribution >= 0.6 is 0 Å². The lowest BCUT2D eigenvalue weighted by Gasteiger charge is -2.33. The topological polar surface area (TPSA) is 59.0 Å². The van der Waals surface area contributed by atoms with Crippen LogP contribution in [-0.2, 0) is 21.5 Å². The Balaban J connectivity index is 1.29. The number of fused-ring (bicyclic) bond motifs is 1. The summed E-state index contributed by atoms with van der Waals surface area (Å²) in [7, 11) is 0. The third kappa shape index (κ3) is 6.09. The second kappa shape index (κ2) is 12.8. The van der Waals surface area contributed by atoms with E-state index in [1.165, 1.54) is 5.56 Å². The Kier molecular flexibility index (Phi) is 8.71. The fraction of sp³-hybridized carbons (Fsp3) is 0.325. The molecule has 4 aromatic carbocycles. The fourth-order valence-electron chi connectivity index (χ4n) is 7.13. The van der Waals surface area contributed by atoms with Crippen molar-refractivity contribution in [1.82, 2.24) is 4.90 Å². The number of carbonyl (C=O) groups excluding carboxylic acids is 2. The van der Waals surface area contributed by atoms with E-state index in [4.69, 9.17) is 9.73 Å². The molecule has 5 heteroatoms. The van der Waals surface area contributed by atoms with E-state index in [-0.39, 0.29) is 17.8 Å².